The Balaban J connectivity index is 2.15. The lowest BCUT2D eigenvalue weighted by Crippen LogP contribution is -2.38. The van der Waals surface area contributed by atoms with E-state index < -0.39 is 5.54 Å². The first-order valence-corrected chi connectivity index (χ1v) is 7.13. The molecule has 1 N–H and O–H groups in total. The molecule has 0 bridgehead atoms. The van der Waals surface area contributed by atoms with Crippen LogP contribution in [-0.4, -0.2) is 25.3 Å². The predicted octanol–water partition coefficient (Wildman–Crippen LogP) is 3.25. The van der Waals surface area contributed by atoms with Crippen LogP contribution in [0.15, 0.2) is 0 Å². The highest BCUT2D eigenvalue weighted by molar-refractivity contribution is 5.02. The lowest BCUT2D eigenvalue weighted by atomic mass is 9.76. The third-order valence-electron chi connectivity index (χ3n) is 4.26. The van der Waals surface area contributed by atoms with Crippen molar-refractivity contribution in [1.29, 1.82) is 5.26 Å². The molecule has 0 saturated heterocycles. The van der Waals surface area contributed by atoms with Crippen LogP contribution in [0.3, 0.4) is 0 Å². The van der Waals surface area contributed by atoms with E-state index in [9.17, 15) is 0 Å². The molecule has 1 atom stereocenters. The van der Waals surface area contributed by atoms with Gasteiger partial charge >= 0.3 is 0 Å². The summed E-state index contributed by atoms with van der Waals surface area (Å²) in [6, 6.07) is 2.31. The molecule has 1 aliphatic carbocycles. The van der Waals surface area contributed by atoms with Crippen LogP contribution in [0.4, 0.5) is 0 Å². The summed E-state index contributed by atoms with van der Waals surface area (Å²) in [6.07, 6.45) is 7.15. The summed E-state index contributed by atoms with van der Waals surface area (Å²) in [5.41, 5.74) is 0.100. The van der Waals surface area contributed by atoms with Crippen molar-refractivity contribution >= 4 is 0 Å². The van der Waals surface area contributed by atoms with E-state index in [2.05, 4.69) is 25.2 Å². The van der Waals surface area contributed by atoms with Crippen molar-refractivity contribution in [2.24, 2.45) is 5.41 Å². The van der Waals surface area contributed by atoms with Crippen molar-refractivity contribution in [3.63, 3.8) is 0 Å². The van der Waals surface area contributed by atoms with Crippen LogP contribution in [-0.2, 0) is 4.74 Å². The van der Waals surface area contributed by atoms with Gasteiger partial charge < -0.3 is 10.1 Å². The van der Waals surface area contributed by atoms with Crippen LogP contribution in [0.25, 0.3) is 0 Å². The average molecular weight is 252 g/mol. The molecule has 1 unspecified atom stereocenters. The zero-order valence-electron chi connectivity index (χ0n) is 12.4. The molecule has 1 rings (SSSR count). The highest BCUT2D eigenvalue weighted by Gasteiger charge is 2.27. The summed E-state index contributed by atoms with van der Waals surface area (Å²) < 4.78 is 5.92. The fourth-order valence-corrected chi connectivity index (χ4v) is 2.45. The number of nitriles is 1. The van der Waals surface area contributed by atoms with Crippen molar-refractivity contribution in [2.75, 3.05) is 13.7 Å². The second kappa shape index (κ2) is 6.54. The quantitative estimate of drug-likeness (QED) is 0.738. The van der Waals surface area contributed by atoms with E-state index in [0.717, 1.165) is 19.4 Å². The van der Waals surface area contributed by atoms with Gasteiger partial charge in [-0.3, -0.25) is 0 Å². The highest BCUT2D eigenvalue weighted by atomic mass is 16.5. The van der Waals surface area contributed by atoms with E-state index in [1.807, 2.05) is 14.0 Å². The Bertz CT molecular complexity index is 285. The summed E-state index contributed by atoms with van der Waals surface area (Å²) in [4.78, 5) is 0. The Morgan fingerprint density at radius 3 is 2.50 bits per heavy atom. The Kier molecular flexibility index (Phi) is 5.62. The molecular weight excluding hydrogens is 224 g/mol. The normalized spacial score (nSPS) is 23.3. The van der Waals surface area contributed by atoms with Gasteiger partial charge in [0.1, 0.15) is 5.54 Å². The average Bonchev–Trinajstić information content (AvgIpc) is 2.36. The maximum absolute atomic E-state index is 9.04. The third kappa shape index (κ3) is 4.96. The lowest BCUT2D eigenvalue weighted by Gasteiger charge is -2.34. The molecule has 0 aromatic heterocycles. The third-order valence-corrected chi connectivity index (χ3v) is 4.26. The Morgan fingerprint density at radius 2 is 2.00 bits per heavy atom. The van der Waals surface area contributed by atoms with Crippen molar-refractivity contribution in [2.45, 2.75) is 70.9 Å². The monoisotopic (exact) mass is 252 g/mol. The molecular formula is C15H28N2O. The van der Waals surface area contributed by atoms with Crippen molar-refractivity contribution in [3.05, 3.63) is 0 Å². The van der Waals surface area contributed by atoms with Crippen molar-refractivity contribution in [3.8, 4) is 6.07 Å². The van der Waals surface area contributed by atoms with Gasteiger partial charge in [-0.15, -0.1) is 0 Å². The van der Waals surface area contributed by atoms with E-state index in [1.165, 1.54) is 25.7 Å². The summed E-state index contributed by atoms with van der Waals surface area (Å²) in [7, 11) is 1.84. The van der Waals surface area contributed by atoms with Crippen molar-refractivity contribution < 1.29 is 4.74 Å². The largest absolute Gasteiger partial charge is 0.378 e. The molecule has 18 heavy (non-hydrogen) atoms. The molecule has 0 heterocycles. The fourth-order valence-electron chi connectivity index (χ4n) is 2.45. The molecule has 1 aliphatic rings. The zero-order valence-corrected chi connectivity index (χ0v) is 12.4. The minimum Gasteiger partial charge on any atom is -0.378 e. The summed E-state index contributed by atoms with van der Waals surface area (Å²) in [6.45, 7) is 7.41. The second-order valence-corrected chi connectivity index (χ2v) is 6.53. The SMILES string of the molecule is CNC(C)(C#N)CCCOC1CCC(C)(C)CC1. The number of hydrogen-bond donors (Lipinski definition) is 1. The maximum Gasteiger partial charge on any atom is 0.103 e. The van der Waals surface area contributed by atoms with E-state index in [-0.39, 0.29) is 0 Å². The van der Waals surface area contributed by atoms with Gasteiger partial charge in [-0.1, -0.05) is 13.8 Å². The van der Waals surface area contributed by atoms with Crippen LogP contribution >= 0.6 is 0 Å². The van der Waals surface area contributed by atoms with Gasteiger partial charge in [-0.25, -0.2) is 0 Å². The van der Waals surface area contributed by atoms with Gasteiger partial charge in [0.25, 0.3) is 0 Å². The number of nitrogens with one attached hydrogen (secondary N) is 1. The Morgan fingerprint density at radius 1 is 1.39 bits per heavy atom. The van der Waals surface area contributed by atoms with E-state index in [4.69, 9.17) is 10.00 Å². The molecule has 0 aromatic rings. The van der Waals surface area contributed by atoms with Crippen LogP contribution in [0.1, 0.15) is 59.3 Å². The standard InChI is InChI=1S/C15H28N2O/c1-14(2)9-6-13(7-10-14)18-11-5-8-15(3,12-16)17-4/h13,17H,5-11H2,1-4H3. The lowest BCUT2D eigenvalue weighted by molar-refractivity contribution is 0.00173. The van der Waals surface area contributed by atoms with Crippen LogP contribution < -0.4 is 5.32 Å². The molecule has 0 spiro atoms. The van der Waals surface area contributed by atoms with Crippen LogP contribution in [0.5, 0.6) is 0 Å². The number of nitrogens with zero attached hydrogens (tertiary/aromatic N) is 1. The highest BCUT2D eigenvalue weighted by Crippen LogP contribution is 2.36. The molecule has 1 saturated carbocycles. The molecule has 3 heteroatoms. The van der Waals surface area contributed by atoms with Gasteiger partial charge in [0.15, 0.2) is 0 Å². The van der Waals surface area contributed by atoms with Gasteiger partial charge in [0.05, 0.1) is 12.2 Å². The van der Waals surface area contributed by atoms with Gasteiger partial charge in [-0.05, 0) is 57.9 Å². The van der Waals surface area contributed by atoms with Gasteiger partial charge in [-0.2, -0.15) is 5.26 Å². The topological polar surface area (TPSA) is 45.0 Å². The predicted molar refractivity (Wildman–Crippen MR) is 74.3 cm³/mol. The zero-order chi connectivity index (χ0) is 13.6. The first-order chi connectivity index (χ1) is 8.41. The first kappa shape index (κ1) is 15.5. The Hall–Kier alpha value is -0.590. The van der Waals surface area contributed by atoms with E-state index >= 15 is 0 Å². The summed E-state index contributed by atoms with van der Waals surface area (Å²) >= 11 is 0. The van der Waals surface area contributed by atoms with E-state index in [1.54, 1.807) is 0 Å². The molecule has 0 aliphatic heterocycles. The molecule has 0 amide bonds. The Labute approximate surface area is 112 Å². The number of ether oxygens (including phenoxy) is 1. The molecule has 0 radical (unpaired) electrons. The summed E-state index contributed by atoms with van der Waals surface area (Å²) in [5, 5.41) is 12.1. The minimum atomic E-state index is -0.405. The van der Waals surface area contributed by atoms with Gasteiger partial charge in [0.2, 0.25) is 0 Å². The van der Waals surface area contributed by atoms with Crippen LogP contribution in [0.2, 0.25) is 0 Å². The van der Waals surface area contributed by atoms with Crippen LogP contribution in [0, 0.1) is 16.7 Å². The number of hydrogen-bond acceptors (Lipinski definition) is 3. The fraction of sp³-hybridized carbons (Fsp3) is 0.933. The first-order valence-electron chi connectivity index (χ1n) is 7.13. The molecule has 1 fully saturated rings. The second-order valence-electron chi connectivity index (χ2n) is 6.53. The van der Waals surface area contributed by atoms with Crippen molar-refractivity contribution in [1.82, 2.24) is 5.32 Å². The molecule has 104 valence electrons. The minimum absolute atomic E-state index is 0.405. The van der Waals surface area contributed by atoms with Gasteiger partial charge in [0, 0.05) is 6.61 Å². The number of rotatable bonds is 6. The maximum atomic E-state index is 9.04. The smallest absolute Gasteiger partial charge is 0.103 e. The molecule has 0 aromatic carbocycles. The summed E-state index contributed by atoms with van der Waals surface area (Å²) in [5.74, 6) is 0. The molecule has 3 nitrogen and oxygen atoms in total. The van der Waals surface area contributed by atoms with E-state index in [0.29, 0.717) is 11.5 Å².